The first-order valence-corrected chi connectivity index (χ1v) is 12.1. The number of carbonyl (C=O) groups excluding carboxylic acids is 2. The van der Waals surface area contributed by atoms with Gasteiger partial charge in [0, 0.05) is 35.9 Å². The monoisotopic (exact) mass is 501 g/mol. The van der Waals surface area contributed by atoms with Crippen molar-refractivity contribution < 1.29 is 22.4 Å². The summed E-state index contributed by atoms with van der Waals surface area (Å²) in [6.07, 6.45) is 0. The van der Waals surface area contributed by atoms with Crippen LogP contribution in [0.2, 0.25) is 5.02 Å². The fraction of sp³-hybridized carbons (Fsp3) is 0.167. The van der Waals surface area contributed by atoms with E-state index in [9.17, 15) is 22.4 Å². The average Bonchev–Trinajstić information content (AvgIpc) is 2.95. The van der Waals surface area contributed by atoms with Gasteiger partial charge in [0.1, 0.15) is 12.4 Å². The number of anilines is 1. The van der Waals surface area contributed by atoms with Gasteiger partial charge < -0.3 is 10.2 Å². The van der Waals surface area contributed by atoms with E-state index in [1.54, 1.807) is 30.3 Å². The van der Waals surface area contributed by atoms with Crippen molar-refractivity contribution in [2.45, 2.75) is 10.9 Å². The lowest BCUT2D eigenvalue weighted by Crippen LogP contribution is -2.39. The number of halogens is 2. The highest BCUT2D eigenvalue weighted by Crippen LogP contribution is 2.38. The van der Waals surface area contributed by atoms with Crippen molar-refractivity contribution >= 4 is 39.1 Å². The number of sulfonamides is 1. The lowest BCUT2D eigenvalue weighted by Gasteiger charge is -2.31. The third-order valence-corrected chi connectivity index (χ3v) is 7.60. The van der Waals surface area contributed by atoms with Gasteiger partial charge in [-0.2, -0.15) is 0 Å². The normalized spacial score (nSPS) is 16.1. The predicted molar refractivity (Wildman–Crippen MR) is 127 cm³/mol. The molecule has 0 aromatic heterocycles. The largest absolute Gasteiger partial charge is 0.324 e. The highest BCUT2D eigenvalue weighted by molar-refractivity contribution is 7.89. The number of benzene rings is 3. The summed E-state index contributed by atoms with van der Waals surface area (Å²) in [5, 5.41) is 3.20. The molecule has 1 atom stereocenters. The first kappa shape index (κ1) is 23.9. The van der Waals surface area contributed by atoms with Crippen LogP contribution in [0, 0.1) is 5.82 Å². The molecule has 1 N–H and O–H groups in total. The Bertz CT molecular complexity index is 1360. The molecule has 0 unspecified atom stereocenters. The summed E-state index contributed by atoms with van der Waals surface area (Å²) in [5.74, 6) is -1.34. The fourth-order valence-corrected chi connectivity index (χ4v) is 4.90. The van der Waals surface area contributed by atoms with Crippen molar-refractivity contribution in [2.75, 3.05) is 26.0 Å². The van der Waals surface area contributed by atoms with Crippen LogP contribution in [-0.2, 0) is 14.8 Å². The lowest BCUT2D eigenvalue weighted by molar-refractivity contribution is -0.117. The quantitative estimate of drug-likeness (QED) is 0.587. The van der Waals surface area contributed by atoms with Crippen LogP contribution in [0.3, 0.4) is 0 Å². The molecule has 34 heavy (non-hydrogen) atoms. The number of rotatable bonds is 4. The van der Waals surface area contributed by atoms with Crippen molar-refractivity contribution in [1.82, 2.24) is 9.21 Å². The molecular weight excluding hydrogens is 481 g/mol. The van der Waals surface area contributed by atoms with Crippen LogP contribution in [0.1, 0.15) is 27.5 Å². The number of nitrogens with zero attached hydrogens (tertiary/aromatic N) is 2. The first-order valence-electron chi connectivity index (χ1n) is 10.3. The highest BCUT2D eigenvalue weighted by Gasteiger charge is 2.34. The minimum atomic E-state index is -3.67. The zero-order valence-electron chi connectivity index (χ0n) is 18.3. The number of nitrogens with one attached hydrogen (secondary N) is 1. The van der Waals surface area contributed by atoms with Crippen LogP contribution >= 0.6 is 11.6 Å². The molecule has 1 aliphatic heterocycles. The zero-order valence-corrected chi connectivity index (χ0v) is 19.9. The smallest absolute Gasteiger partial charge is 0.255 e. The van der Waals surface area contributed by atoms with Gasteiger partial charge in [-0.15, -0.1) is 0 Å². The molecular formula is C24H21ClFN3O4S. The second-order valence-corrected chi connectivity index (χ2v) is 10.6. The van der Waals surface area contributed by atoms with E-state index in [0.717, 1.165) is 4.31 Å². The molecule has 2 amide bonds. The number of carbonyl (C=O) groups is 2. The number of hydrogen-bond donors (Lipinski definition) is 1. The van der Waals surface area contributed by atoms with Gasteiger partial charge in [-0.05, 0) is 60.2 Å². The summed E-state index contributed by atoms with van der Waals surface area (Å²) in [5.41, 5.74) is 1.85. The lowest BCUT2D eigenvalue weighted by atomic mass is 9.95. The fourth-order valence-electron chi connectivity index (χ4n) is 3.82. The van der Waals surface area contributed by atoms with Gasteiger partial charge in [0.15, 0.2) is 0 Å². The topological polar surface area (TPSA) is 86.8 Å². The molecule has 0 saturated heterocycles. The van der Waals surface area contributed by atoms with Crippen molar-refractivity contribution in [2.24, 2.45) is 0 Å². The molecule has 0 spiro atoms. The van der Waals surface area contributed by atoms with Crippen LogP contribution in [0.25, 0.3) is 0 Å². The van der Waals surface area contributed by atoms with Gasteiger partial charge in [-0.25, -0.2) is 17.1 Å². The van der Waals surface area contributed by atoms with Crippen molar-refractivity contribution in [3.05, 3.63) is 94.3 Å². The van der Waals surface area contributed by atoms with E-state index >= 15 is 0 Å². The predicted octanol–water partition coefficient (Wildman–Crippen LogP) is 3.91. The van der Waals surface area contributed by atoms with Crippen LogP contribution in [0.5, 0.6) is 0 Å². The van der Waals surface area contributed by atoms with Crippen LogP contribution in [-0.4, -0.2) is 50.1 Å². The van der Waals surface area contributed by atoms with E-state index in [4.69, 9.17) is 11.6 Å². The molecule has 0 bridgehead atoms. The van der Waals surface area contributed by atoms with Gasteiger partial charge >= 0.3 is 0 Å². The maximum atomic E-state index is 13.6. The second kappa shape index (κ2) is 9.17. The number of hydrogen-bond acceptors (Lipinski definition) is 4. The Morgan fingerprint density at radius 2 is 1.71 bits per heavy atom. The molecule has 0 radical (unpaired) electrons. The van der Waals surface area contributed by atoms with Gasteiger partial charge in [0.2, 0.25) is 15.9 Å². The molecule has 0 fully saturated rings. The number of fused-ring (bicyclic) bond motifs is 1. The van der Waals surface area contributed by atoms with Gasteiger partial charge in [-0.1, -0.05) is 23.7 Å². The van der Waals surface area contributed by atoms with E-state index in [-0.39, 0.29) is 17.0 Å². The molecule has 1 aliphatic rings. The van der Waals surface area contributed by atoms with E-state index in [0.29, 0.717) is 21.8 Å². The van der Waals surface area contributed by atoms with Gasteiger partial charge in [0.25, 0.3) is 5.91 Å². The minimum Gasteiger partial charge on any atom is -0.324 e. The van der Waals surface area contributed by atoms with E-state index in [1.807, 2.05) is 0 Å². The molecule has 3 aromatic carbocycles. The van der Waals surface area contributed by atoms with Crippen molar-refractivity contribution in [3.63, 3.8) is 0 Å². The Morgan fingerprint density at radius 1 is 1.06 bits per heavy atom. The van der Waals surface area contributed by atoms with Gasteiger partial charge in [-0.3, -0.25) is 9.59 Å². The Hall–Kier alpha value is -3.27. The molecule has 0 aliphatic carbocycles. The maximum absolute atomic E-state index is 13.6. The maximum Gasteiger partial charge on any atom is 0.255 e. The van der Waals surface area contributed by atoms with Gasteiger partial charge in [0.05, 0.1) is 10.9 Å². The highest BCUT2D eigenvalue weighted by atomic mass is 35.5. The Morgan fingerprint density at radius 3 is 2.32 bits per heavy atom. The van der Waals surface area contributed by atoms with E-state index < -0.39 is 33.7 Å². The molecule has 3 aromatic rings. The van der Waals surface area contributed by atoms with Crippen molar-refractivity contribution in [3.8, 4) is 0 Å². The molecule has 4 rings (SSSR count). The second-order valence-electron chi connectivity index (χ2n) is 7.98. The Kier molecular flexibility index (Phi) is 6.44. The molecule has 7 nitrogen and oxygen atoms in total. The van der Waals surface area contributed by atoms with Crippen LogP contribution in [0.4, 0.5) is 10.1 Å². The average molecular weight is 502 g/mol. The SMILES string of the molecule is CN(C)S(=O)(=O)c1ccc(C(=O)N2CC(=O)Nc3ccc(Cl)cc3[C@H]2c2ccc(F)cc2)cc1. The molecule has 0 saturated carbocycles. The summed E-state index contributed by atoms with van der Waals surface area (Å²) >= 11 is 6.24. The summed E-state index contributed by atoms with van der Waals surface area (Å²) in [4.78, 5) is 27.7. The van der Waals surface area contributed by atoms with E-state index in [2.05, 4.69) is 5.32 Å². The third kappa shape index (κ3) is 4.54. The van der Waals surface area contributed by atoms with E-state index in [1.165, 1.54) is 55.4 Å². The first-order chi connectivity index (χ1) is 16.1. The molecule has 10 heteroatoms. The summed E-state index contributed by atoms with van der Waals surface area (Å²) < 4.78 is 39.5. The minimum absolute atomic E-state index is 0.0369. The molecule has 1 heterocycles. The summed E-state index contributed by atoms with van der Waals surface area (Å²) in [6.45, 7) is -0.273. The Balaban J connectivity index is 1.81. The third-order valence-electron chi connectivity index (χ3n) is 5.53. The molecule has 176 valence electrons. The number of amides is 2. The van der Waals surface area contributed by atoms with Crippen molar-refractivity contribution in [1.29, 1.82) is 0 Å². The zero-order chi connectivity index (χ0) is 24.6. The summed E-state index contributed by atoms with van der Waals surface area (Å²) in [6, 6.07) is 15.4. The van der Waals surface area contributed by atoms with Crippen LogP contribution in [0.15, 0.2) is 71.6 Å². The Labute approximate surface area is 201 Å². The van der Waals surface area contributed by atoms with Crippen LogP contribution < -0.4 is 5.32 Å². The summed E-state index contributed by atoms with van der Waals surface area (Å²) in [7, 11) is -0.834. The standard InChI is InChI=1S/C24H21ClFN3O4S/c1-28(2)34(32,33)19-10-5-16(6-11-19)24(31)29-14-22(30)27-21-12-7-17(25)13-20(21)23(29)15-3-8-18(26)9-4-15/h3-13,23H,14H2,1-2H3,(H,27,30)/t23-/m1/s1.